The molecule has 1 aromatic heterocycles. The number of nitrogens with zero attached hydrogens (tertiary/aromatic N) is 1. The number of aromatic nitrogens is 1. The summed E-state index contributed by atoms with van der Waals surface area (Å²) in [5.74, 6) is -0.687. The molecule has 0 aliphatic heterocycles. The van der Waals surface area contributed by atoms with E-state index in [4.69, 9.17) is 9.84 Å². The molecular formula is C14H12FNO3S. The molecule has 2 rings (SSSR count). The van der Waals surface area contributed by atoms with Crippen LogP contribution in [0.2, 0.25) is 0 Å². The van der Waals surface area contributed by atoms with Crippen molar-refractivity contribution >= 4 is 17.7 Å². The first kappa shape index (κ1) is 14.3. The largest absolute Gasteiger partial charge is 0.497 e. The van der Waals surface area contributed by atoms with E-state index in [1.54, 1.807) is 18.2 Å². The number of carboxylic acids is 1. The van der Waals surface area contributed by atoms with E-state index in [1.807, 2.05) is 0 Å². The summed E-state index contributed by atoms with van der Waals surface area (Å²) in [5.41, 5.74) is 0.587. The number of hydrogen-bond donors (Lipinski definition) is 1. The van der Waals surface area contributed by atoms with Crippen LogP contribution in [0.1, 0.15) is 15.9 Å². The van der Waals surface area contributed by atoms with Crippen LogP contribution in [0.3, 0.4) is 0 Å². The minimum absolute atomic E-state index is 0.117. The standard InChI is InChI=1S/C14H12FNO3S/c1-19-10-5-4-9(12(15)7-10)8-20-13-11(14(17)18)3-2-6-16-13/h2-7H,8H2,1H3,(H,17,18). The molecule has 0 saturated heterocycles. The first-order valence-electron chi connectivity index (χ1n) is 5.75. The molecule has 0 saturated carbocycles. The van der Waals surface area contributed by atoms with Crippen LogP contribution in [0, 0.1) is 5.82 Å². The Morgan fingerprint density at radius 3 is 2.90 bits per heavy atom. The van der Waals surface area contributed by atoms with Gasteiger partial charge < -0.3 is 9.84 Å². The Morgan fingerprint density at radius 1 is 1.45 bits per heavy atom. The topological polar surface area (TPSA) is 59.4 Å². The average Bonchev–Trinajstić information content (AvgIpc) is 2.46. The summed E-state index contributed by atoms with van der Waals surface area (Å²) in [5, 5.41) is 9.41. The van der Waals surface area contributed by atoms with Gasteiger partial charge >= 0.3 is 5.97 Å². The van der Waals surface area contributed by atoms with Crippen LogP contribution in [0.5, 0.6) is 5.75 Å². The normalized spacial score (nSPS) is 10.3. The minimum atomic E-state index is -1.05. The number of methoxy groups -OCH3 is 1. The van der Waals surface area contributed by atoms with E-state index in [0.29, 0.717) is 22.1 Å². The summed E-state index contributed by atoms with van der Waals surface area (Å²) in [7, 11) is 1.47. The van der Waals surface area contributed by atoms with E-state index in [9.17, 15) is 9.18 Å². The van der Waals surface area contributed by atoms with Crippen LogP contribution < -0.4 is 4.74 Å². The molecule has 0 aliphatic carbocycles. The van der Waals surface area contributed by atoms with E-state index < -0.39 is 5.97 Å². The Kier molecular flexibility index (Phi) is 4.57. The van der Waals surface area contributed by atoms with E-state index in [0.717, 1.165) is 0 Å². The molecule has 20 heavy (non-hydrogen) atoms. The Bertz CT molecular complexity index is 634. The lowest BCUT2D eigenvalue weighted by Crippen LogP contribution is -2.00. The van der Waals surface area contributed by atoms with Crippen molar-refractivity contribution in [3.63, 3.8) is 0 Å². The molecule has 4 nitrogen and oxygen atoms in total. The summed E-state index contributed by atoms with van der Waals surface area (Å²) >= 11 is 1.18. The summed E-state index contributed by atoms with van der Waals surface area (Å²) in [6.45, 7) is 0. The zero-order valence-electron chi connectivity index (χ0n) is 10.7. The number of carboxylic acid groups (broad SMARTS) is 1. The molecule has 0 atom stereocenters. The van der Waals surface area contributed by atoms with Gasteiger partial charge in [0.1, 0.15) is 16.6 Å². The van der Waals surface area contributed by atoms with Crippen molar-refractivity contribution < 1.29 is 19.0 Å². The summed E-state index contributed by atoms with van der Waals surface area (Å²) in [6.07, 6.45) is 1.51. The average molecular weight is 293 g/mol. The SMILES string of the molecule is COc1ccc(CSc2ncccc2C(=O)O)c(F)c1. The lowest BCUT2D eigenvalue weighted by Gasteiger charge is -2.07. The number of pyridine rings is 1. The predicted octanol–water partition coefficient (Wildman–Crippen LogP) is 3.22. The second-order valence-electron chi connectivity index (χ2n) is 3.91. The molecule has 104 valence electrons. The van der Waals surface area contributed by atoms with Crippen molar-refractivity contribution in [1.82, 2.24) is 4.98 Å². The Balaban J connectivity index is 2.15. The highest BCUT2D eigenvalue weighted by Crippen LogP contribution is 2.26. The Morgan fingerprint density at radius 2 is 2.25 bits per heavy atom. The molecule has 0 fully saturated rings. The molecule has 2 aromatic rings. The maximum atomic E-state index is 13.8. The van der Waals surface area contributed by atoms with E-state index in [-0.39, 0.29) is 11.4 Å². The monoisotopic (exact) mass is 293 g/mol. The van der Waals surface area contributed by atoms with Crippen LogP contribution in [-0.4, -0.2) is 23.2 Å². The number of rotatable bonds is 5. The zero-order valence-corrected chi connectivity index (χ0v) is 11.5. The van der Waals surface area contributed by atoms with Crippen LogP contribution in [-0.2, 0) is 5.75 Å². The lowest BCUT2D eigenvalue weighted by atomic mass is 10.2. The van der Waals surface area contributed by atoms with Crippen molar-refractivity contribution in [1.29, 1.82) is 0 Å². The zero-order chi connectivity index (χ0) is 14.5. The van der Waals surface area contributed by atoms with Crippen LogP contribution in [0.15, 0.2) is 41.6 Å². The molecule has 1 N–H and O–H groups in total. The van der Waals surface area contributed by atoms with Gasteiger partial charge in [-0.3, -0.25) is 0 Å². The van der Waals surface area contributed by atoms with Gasteiger partial charge in [0.2, 0.25) is 0 Å². The summed E-state index contributed by atoms with van der Waals surface area (Å²) in [6, 6.07) is 7.61. The fourth-order valence-electron chi connectivity index (χ4n) is 1.59. The van der Waals surface area contributed by atoms with E-state index in [2.05, 4.69) is 4.98 Å². The molecule has 0 aliphatic rings. The third kappa shape index (κ3) is 3.27. The van der Waals surface area contributed by atoms with Crippen molar-refractivity contribution in [2.45, 2.75) is 10.8 Å². The van der Waals surface area contributed by atoms with Gasteiger partial charge in [0.05, 0.1) is 12.7 Å². The summed E-state index contributed by atoms with van der Waals surface area (Å²) < 4.78 is 18.7. The highest BCUT2D eigenvalue weighted by Gasteiger charge is 2.12. The predicted molar refractivity (Wildman–Crippen MR) is 73.7 cm³/mol. The number of ether oxygens (including phenoxy) is 1. The molecular weight excluding hydrogens is 281 g/mol. The van der Waals surface area contributed by atoms with Crippen molar-refractivity contribution in [2.75, 3.05) is 7.11 Å². The number of carbonyl (C=O) groups is 1. The van der Waals surface area contributed by atoms with Crippen molar-refractivity contribution in [2.24, 2.45) is 0 Å². The van der Waals surface area contributed by atoms with Gasteiger partial charge in [-0.1, -0.05) is 6.07 Å². The van der Waals surface area contributed by atoms with Gasteiger partial charge in [0.25, 0.3) is 0 Å². The maximum Gasteiger partial charge on any atom is 0.338 e. The van der Waals surface area contributed by atoms with Gasteiger partial charge in [-0.05, 0) is 23.8 Å². The van der Waals surface area contributed by atoms with Gasteiger partial charge in [-0.15, -0.1) is 11.8 Å². The first-order chi connectivity index (χ1) is 9.61. The smallest absolute Gasteiger partial charge is 0.338 e. The maximum absolute atomic E-state index is 13.8. The first-order valence-corrected chi connectivity index (χ1v) is 6.74. The van der Waals surface area contributed by atoms with Crippen molar-refractivity contribution in [3.05, 3.63) is 53.5 Å². The second kappa shape index (κ2) is 6.38. The third-order valence-electron chi connectivity index (χ3n) is 2.63. The quantitative estimate of drug-likeness (QED) is 0.858. The van der Waals surface area contributed by atoms with Gasteiger partial charge in [-0.25, -0.2) is 14.2 Å². The van der Waals surface area contributed by atoms with Crippen molar-refractivity contribution in [3.8, 4) is 5.75 Å². The van der Waals surface area contributed by atoms with E-state index >= 15 is 0 Å². The van der Waals surface area contributed by atoms with Crippen LogP contribution >= 0.6 is 11.8 Å². The molecule has 0 amide bonds. The highest BCUT2D eigenvalue weighted by atomic mass is 32.2. The molecule has 1 aromatic carbocycles. The van der Waals surface area contributed by atoms with Crippen LogP contribution in [0.25, 0.3) is 0 Å². The number of aromatic carboxylic acids is 1. The minimum Gasteiger partial charge on any atom is -0.497 e. The fraction of sp³-hybridized carbons (Fsp3) is 0.143. The number of thioether (sulfide) groups is 1. The van der Waals surface area contributed by atoms with Gasteiger partial charge in [-0.2, -0.15) is 0 Å². The second-order valence-corrected chi connectivity index (χ2v) is 4.87. The third-order valence-corrected chi connectivity index (χ3v) is 3.68. The Labute approximate surface area is 119 Å². The highest BCUT2D eigenvalue weighted by molar-refractivity contribution is 7.98. The number of hydrogen-bond acceptors (Lipinski definition) is 4. The van der Waals surface area contributed by atoms with Gasteiger partial charge in [0.15, 0.2) is 0 Å². The molecule has 0 spiro atoms. The molecule has 0 unspecified atom stereocenters. The number of benzene rings is 1. The molecule has 1 heterocycles. The molecule has 0 radical (unpaired) electrons. The molecule has 6 heteroatoms. The Hall–Kier alpha value is -2.08. The summed E-state index contributed by atoms with van der Waals surface area (Å²) in [4.78, 5) is 15.1. The van der Waals surface area contributed by atoms with E-state index in [1.165, 1.54) is 37.2 Å². The molecule has 0 bridgehead atoms. The number of halogens is 1. The fourth-order valence-corrected chi connectivity index (χ4v) is 2.56. The lowest BCUT2D eigenvalue weighted by molar-refractivity contribution is 0.0692. The van der Waals surface area contributed by atoms with Gasteiger partial charge in [0, 0.05) is 18.0 Å². The van der Waals surface area contributed by atoms with Crippen LogP contribution in [0.4, 0.5) is 4.39 Å².